The number of fused-ring (bicyclic) bond motifs is 1. The highest BCUT2D eigenvalue weighted by molar-refractivity contribution is 5.82. The fraction of sp³-hybridized carbons (Fsp3) is 0.300. The molecule has 0 aliphatic carbocycles. The van der Waals surface area contributed by atoms with Gasteiger partial charge in [0.05, 0.1) is 17.8 Å². The largest absolute Gasteiger partial charge is 0.363 e. The molecule has 0 radical (unpaired) electrons. The average Bonchev–Trinajstić information content (AvgIpc) is 2.76. The molecule has 0 bridgehead atoms. The molecule has 1 aliphatic rings. The van der Waals surface area contributed by atoms with Crippen LogP contribution in [-0.4, -0.2) is 16.8 Å². The molecule has 1 aromatic heterocycles. The van der Waals surface area contributed by atoms with Crippen LogP contribution in [-0.2, 0) is 10.3 Å². The third-order valence-electron chi connectivity index (χ3n) is 2.57. The van der Waals surface area contributed by atoms with Crippen molar-refractivity contribution in [3.63, 3.8) is 0 Å². The minimum atomic E-state index is -0.115. The molecule has 1 fully saturated rings. The Morgan fingerprint density at radius 2 is 2.23 bits per heavy atom. The molecule has 1 unspecified atom stereocenters. The smallest absolute Gasteiger partial charge is 0.131 e. The number of para-hydroxylation sites is 1. The molecule has 1 atom stereocenters. The van der Waals surface area contributed by atoms with E-state index >= 15 is 0 Å². The maximum absolute atomic E-state index is 5.38. The molecule has 0 amide bonds. The second-order valence-electron chi connectivity index (χ2n) is 3.64. The number of hydrogen-bond acceptors (Lipinski definition) is 2. The Bertz CT molecular complexity index is 457. The minimum Gasteiger partial charge on any atom is -0.363 e. The van der Waals surface area contributed by atoms with Gasteiger partial charge in [0.2, 0.25) is 0 Å². The summed E-state index contributed by atoms with van der Waals surface area (Å²) in [4.78, 5) is 0. The van der Waals surface area contributed by atoms with Gasteiger partial charge in [-0.1, -0.05) is 18.2 Å². The number of ether oxygens (including phenoxy) is 1. The number of aromatic amines is 1. The molecule has 3 nitrogen and oxygen atoms in total. The van der Waals surface area contributed by atoms with Crippen LogP contribution in [0.2, 0.25) is 0 Å². The Morgan fingerprint density at radius 3 is 3.00 bits per heavy atom. The lowest BCUT2D eigenvalue weighted by Crippen LogP contribution is -2.02. The van der Waals surface area contributed by atoms with E-state index in [1.54, 1.807) is 0 Å². The van der Waals surface area contributed by atoms with Crippen molar-refractivity contribution in [1.29, 1.82) is 0 Å². The third kappa shape index (κ3) is 0.906. The van der Waals surface area contributed by atoms with Gasteiger partial charge < -0.3 is 4.74 Å². The van der Waals surface area contributed by atoms with E-state index in [-0.39, 0.29) is 5.60 Å². The van der Waals surface area contributed by atoms with Gasteiger partial charge in [-0.3, -0.25) is 5.10 Å². The topological polar surface area (TPSA) is 41.2 Å². The fourth-order valence-electron chi connectivity index (χ4n) is 1.61. The maximum Gasteiger partial charge on any atom is 0.131 e. The van der Waals surface area contributed by atoms with Gasteiger partial charge in [0, 0.05) is 5.39 Å². The van der Waals surface area contributed by atoms with Crippen molar-refractivity contribution in [2.24, 2.45) is 0 Å². The summed E-state index contributed by atoms with van der Waals surface area (Å²) in [7, 11) is 0. The summed E-state index contributed by atoms with van der Waals surface area (Å²) in [6.45, 7) is 2.87. The summed E-state index contributed by atoms with van der Waals surface area (Å²) in [6, 6.07) is 8.08. The van der Waals surface area contributed by atoms with Crippen molar-refractivity contribution < 1.29 is 4.74 Å². The van der Waals surface area contributed by atoms with E-state index in [9.17, 15) is 0 Å². The van der Waals surface area contributed by atoms with Crippen molar-refractivity contribution in [3.8, 4) is 0 Å². The monoisotopic (exact) mass is 174 g/mol. The molecule has 1 N–H and O–H groups in total. The van der Waals surface area contributed by atoms with Crippen LogP contribution in [0.3, 0.4) is 0 Å². The zero-order chi connectivity index (χ0) is 8.89. The first kappa shape index (κ1) is 7.09. The standard InChI is InChI=1S/C10H10N2O/c1-10(6-13-10)9-7-4-2-3-5-8(7)11-12-9/h2-5H,6H2,1H3,(H,11,12). The van der Waals surface area contributed by atoms with Crippen molar-refractivity contribution in [1.82, 2.24) is 10.2 Å². The molecular formula is C10H10N2O. The molecule has 0 spiro atoms. The molecule has 1 aliphatic heterocycles. The zero-order valence-corrected chi connectivity index (χ0v) is 7.37. The van der Waals surface area contributed by atoms with Gasteiger partial charge in [-0.2, -0.15) is 5.10 Å². The Balaban J connectivity index is 2.30. The normalized spacial score (nSPS) is 26.5. The number of hydrogen-bond donors (Lipinski definition) is 1. The molecular weight excluding hydrogens is 164 g/mol. The average molecular weight is 174 g/mol. The number of nitrogens with one attached hydrogen (secondary N) is 1. The summed E-state index contributed by atoms with van der Waals surface area (Å²) >= 11 is 0. The van der Waals surface area contributed by atoms with Gasteiger partial charge in [0.15, 0.2) is 0 Å². The van der Waals surface area contributed by atoms with Crippen molar-refractivity contribution >= 4 is 10.9 Å². The predicted molar refractivity (Wildman–Crippen MR) is 49.4 cm³/mol. The van der Waals surface area contributed by atoms with Crippen molar-refractivity contribution in [2.45, 2.75) is 12.5 Å². The number of aromatic nitrogens is 2. The molecule has 3 heteroatoms. The van der Waals surface area contributed by atoms with Crippen LogP contribution in [0, 0.1) is 0 Å². The second-order valence-corrected chi connectivity index (χ2v) is 3.64. The van der Waals surface area contributed by atoms with Crippen LogP contribution >= 0.6 is 0 Å². The summed E-state index contributed by atoms with van der Waals surface area (Å²) in [5.41, 5.74) is 1.99. The van der Waals surface area contributed by atoms with E-state index in [1.807, 2.05) is 18.2 Å². The summed E-state index contributed by atoms with van der Waals surface area (Å²) in [5, 5.41) is 8.43. The van der Waals surface area contributed by atoms with Crippen LogP contribution in [0.1, 0.15) is 12.6 Å². The Kier molecular flexibility index (Phi) is 1.15. The molecule has 13 heavy (non-hydrogen) atoms. The zero-order valence-electron chi connectivity index (χ0n) is 7.37. The fourth-order valence-corrected chi connectivity index (χ4v) is 1.61. The van der Waals surface area contributed by atoms with Crippen LogP contribution in [0.4, 0.5) is 0 Å². The second kappa shape index (κ2) is 2.12. The molecule has 3 rings (SSSR count). The highest BCUT2D eigenvalue weighted by Gasteiger charge is 2.43. The Labute approximate surface area is 75.7 Å². The number of H-pyrrole nitrogens is 1. The summed E-state index contributed by atoms with van der Waals surface area (Å²) < 4.78 is 5.38. The first-order chi connectivity index (χ1) is 6.30. The van der Waals surface area contributed by atoms with E-state index in [2.05, 4.69) is 23.2 Å². The van der Waals surface area contributed by atoms with Gasteiger partial charge in [-0.25, -0.2) is 0 Å². The predicted octanol–water partition coefficient (Wildman–Crippen LogP) is 1.81. The molecule has 2 heterocycles. The van der Waals surface area contributed by atoms with Crippen LogP contribution in [0.15, 0.2) is 24.3 Å². The molecule has 1 aromatic carbocycles. The van der Waals surface area contributed by atoms with E-state index in [4.69, 9.17) is 4.74 Å². The van der Waals surface area contributed by atoms with E-state index in [1.165, 1.54) is 5.39 Å². The van der Waals surface area contributed by atoms with Crippen LogP contribution < -0.4 is 0 Å². The lowest BCUT2D eigenvalue weighted by atomic mass is 10.1. The number of benzene rings is 1. The number of rotatable bonds is 1. The highest BCUT2D eigenvalue weighted by Crippen LogP contribution is 2.39. The van der Waals surface area contributed by atoms with E-state index in [0.717, 1.165) is 17.8 Å². The molecule has 66 valence electrons. The van der Waals surface area contributed by atoms with Gasteiger partial charge >= 0.3 is 0 Å². The maximum atomic E-state index is 5.38. The summed E-state index contributed by atoms with van der Waals surface area (Å²) in [6.07, 6.45) is 0. The third-order valence-corrected chi connectivity index (χ3v) is 2.57. The lowest BCUT2D eigenvalue weighted by molar-refractivity contribution is 0.325. The number of nitrogens with zero attached hydrogens (tertiary/aromatic N) is 1. The van der Waals surface area contributed by atoms with Crippen LogP contribution in [0.25, 0.3) is 10.9 Å². The molecule has 1 saturated heterocycles. The SMILES string of the molecule is CC1(c2[nH]nc3ccccc23)CO1. The minimum absolute atomic E-state index is 0.115. The van der Waals surface area contributed by atoms with Gasteiger partial charge in [0.25, 0.3) is 0 Å². The molecule has 0 saturated carbocycles. The first-order valence-electron chi connectivity index (χ1n) is 4.37. The highest BCUT2D eigenvalue weighted by atomic mass is 16.6. The first-order valence-corrected chi connectivity index (χ1v) is 4.37. The number of epoxide rings is 1. The Morgan fingerprint density at radius 1 is 1.46 bits per heavy atom. The van der Waals surface area contributed by atoms with E-state index in [0.29, 0.717) is 0 Å². The van der Waals surface area contributed by atoms with Gasteiger partial charge in [-0.15, -0.1) is 0 Å². The van der Waals surface area contributed by atoms with Crippen LogP contribution in [0.5, 0.6) is 0 Å². The quantitative estimate of drug-likeness (QED) is 0.670. The van der Waals surface area contributed by atoms with Gasteiger partial charge in [0.1, 0.15) is 5.60 Å². The van der Waals surface area contributed by atoms with Crippen molar-refractivity contribution in [3.05, 3.63) is 30.0 Å². The Hall–Kier alpha value is -1.35. The van der Waals surface area contributed by atoms with Gasteiger partial charge in [-0.05, 0) is 13.0 Å². The molecule has 2 aromatic rings. The van der Waals surface area contributed by atoms with Crippen molar-refractivity contribution in [2.75, 3.05) is 6.61 Å². The lowest BCUT2D eigenvalue weighted by Gasteiger charge is -2.00. The summed E-state index contributed by atoms with van der Waals surface area (Å²) in [5.74, 6) is 0. The van der Waals surface area contributed by atoms with E-state index < -0.39 is 0 Å².